The lowest BCUT2D eigenvalue weighted by Gasteiger charge is -2.34. The molecule has 0 saturated carbocycles. The van der Waals surface area contributed by atoms with E-state index in [-0.39, 0.29) is 103 Å². The van der Waals surface area contributed by atoms with Crippen LogP contribution in [0, 0.1) is 13.8 Å². The van der Waals surface area contributed by atoms with E-state index in [0.29, 0.717) is 153 Å². The summed E-state index contributed by atoms with van der Waals surface area (Å²) in [6.45, 7) is 24.8. The van der Waals surface area contributed by atoms with Crippen LogP contribution in [0.1, 0.15) is 209 Å². The van der Waals surface area contributed by atoms with Crippen molar-refractivity contribution in [3.8, 4) is 34.5 Å². The number of aliphatic imine (C=N–C) groups is 2. The molecule has 784 valence electrons. The lowest BCUT2D eigenvalue weighted by Crippen LogP contribution is -2.39. The zero-order valence-electron chi connectivity index (χ0n) is 86.6. The van der Waals surface area contributed by atoms with Crippen molar-refractivity contribution in [1.82, 2.24) is 0 Å². The summed E-state index contributed by atoms with van der Waals surface area (Å²) in [5.41, 5.74) is 21.4. The number of methoxy groups -OCH3 is 4. The number of alkyl halides is 1. The van der Waals surface area contributed by atoms with Crippen LogP contribution in [-0.4, -0.2) is 200 Å². The molecule has 8 aliphatic heterocycles. The molecule has 4 atom stereocenters. The average molecular weight is 2120 g/mol. The second-order valence-corrected chi connectivity index (χ2v) is 43.4. The van der Waals surface area contributed by atoms with E-state index in [2.05, 4.69) is 133 Å². The van der Waals surface area contributed by atoms with Crippen LogP contribution in [-0.2, 0) is 103 Å². The Morgan fingerprint density at radius 2 is 0.791 bits per heavy atom. The molecular weight excluding hydrogens is 1970 g/mol. The Bertz CT molecular complexity index is 6440. The normalized spacial score (nSPS) is 16.1. The molecule has 8 heterocycles. The second kappa shape index (κ2) is 51.3. The number of aryl methyl sites for hydroxylation is 4. The molecule has 0 bridgehead atoms. The van der Waals surface area contributed by atoms with Crippen LogP contribution < -0.4 is 57.8 Å². The van der Waals surface area contributed by atoms with E-state index in [1.54, 1.807) is 14.2 Å². The number of carbonyl (C=O) groups is 6. The lowest BCUT2D eigenvalue weighted by molar-refractivity contribution is -0.141. The number of nitrogens with zero attached hydrogens (tertiary/aromatic N) is 8. The van der Waals surface area contributed by atoms with Gasteiger partial charge in [-0.1, -0.05) is 110 Å². The molecule has 10 aromatic carbocycles. The van der Waals surface area contributed by atoms with Crippen molar-refractivity contribution in [2.45, 2.75) is 213 Å². The Labute approximate surface area is 889 Å². The van der Waals surface area contributed by atoms with Crippen LogP contribution in [0.15, 0.2) is 192 Å². The van der Waals surface area contributed by atoms with E-state index in [1.165, 1.54) is 25.3 Å². The largest absolute Gasteiger partial charge is 0.493 e. The third kappa shape index (κ3) is 27.0. The van der Waals surface area contributed by atoms with Crippen LogP contribution in [0.4, 0.5) is 45.5 Å². The Morgan fingerprint density at radius 3 is 1.18 bits per heavy atom. The number of amides is 4. The van der Waals surface area contributed by atoms with Gasteiger partial charge in [0.15, 0.2) is 23.0 Å². The predicted molar refractivity (Wildman–Crippen MR) is 595 cm³/mol. The van der Waals surface area contributed by atoms with Crippen LogP contribution in [0.2, 0.25) is 0 Å². The first kappa shape index (κ1) is 110. The van der Waals surface area contributed by atoms with E-state index >= 15 is 0 Å². The molecule has 4 amide bonds. The van der Waals surface area contributed by atoms with E-state index in [4.69, 9.17) is 74.7 Å². The molecular formula is C119H141BrN8O18S2. The number of thioether (sulfide) groups is 1. The molecule has 29 heteroatoms. The van der Waals surface area contributed by atoms with Gasteiger partial charge in [-0.2, -0.15) is 24.4 Å². The molecule has 10 aromatic rings. The van der Waals surface area contributed by atoms with Gasteiger partial charge in [-0.3, -0.25) is 48.6 Å². The van der Waals surface area contributed by atoms with Crippen LogP contribution >= 0.6 is 40.3 Å². The summed E-state index contributed by atoms with van der Waals surface area (Å²) in [4.78, 5) is 101. The van der Waals surface area contributed by atoms with E-state index in [9.17, 15) is 28.8 Å². The third-order valence-electron chi connectivity index (χ3n) is 27.6. The number of halogens is 1. The molecule has 8 aliphatic rings. The number of hydrogen-bond acceptors (Lipinski definition) is 24. The number of hydrogen-bond donors (Lipinski definition) is 1. The van der Waals surface area contributed by atoms with Gasteiger partial charge in [0, 0.05) is 162 Å². The van der Waals surface area contributed by atoms with Crippen molar-refractivity contribution in [1.29, 1.82) is 0 Å². The zero-order chi connectivity index (χ0) is 103. The predicted octanol–water partition coefficient (Wildman–Crippen LogP) is 22.6. The molecule has 0 radical (unpaired) electrons. The molecule has 0 spiro atoms. The van der Waals surface area contributed by atoms with E-state index < -0.39 is 0 Å². The maximum absolute atomic E-state index is 14.3. The number of ether oxygens (including phenoxy) is 12. The van der Waals surface area contributed by atoms with Crippen molar-refractivity contribution in [2.75, 3.05) is 148 Å². The summed E-state index contributed by atoms with van der Waals surface area (Å²) in [7, 11) is 6.05. The fourth-order valence-electron chi connectivity index (χ4n) is 20.5. The van der Waals surface area contributed by atoms with Crippen LogP contribution in [0.5, 0.6) is 34.5 Å². The number of para-hydroxylation sites is 4. The highest BCUT2D eigenvalue weighted by atomic mass is 79.9. The first-order valence-electron chi connectivity index (χ1n) is 51.3. The number of carbonyl (C=O) groups excluding carboxylic acids is 6. The van der Waals surface area contributed by atoms with Gasteiger partial charge in [-0.25, -0.2) is 0 Å². The molecule has 148 heavy (non-hydrogen) atoms. The van der Waals surface area contributed by atoms with Gasteiger partial charge in [0.05, 0.1) is 103 Å². The zero-order valence-corrected chi connectivity index (χ0v) is 89.9. The Balaban J connectivity index is 0.000000206. The quantitative estimate of drug-likeness (QED) is 0.0161. The van der Waals surface area contributed by atoms with Gasteiger partial charge in [0.2, 0.25) is 0 Å². The molecule has 0 fully saturated rings. The maximum Gasteiger partial charge on any atom is 0.305 e. The second-order valence-electron chi connectivity index (χ2n) is 39.6. The number of rotatable bonds is 44. The summed E-state index contributed by atoms with van der Waals surface area (Å²) in [6.07, 6.45) is 14.5. The van der Waals surface area contributed by atoms with Crippen molar-refractivity contribution in [3.05, 3.63) is 271 Å². The number of esters is 2. The van der Waals surface area contributed by atoms with E-state index in [0.717, 1.165) is 184 Å². The lowest BCUT2D eigenvalue weighted by atomic mass is 9.99. The fraction of sp³-hybridized carbons (Fsp3) is 0.429. The van der Waals surface area contributed by atoms with E-state index in [1.807, 2.05) is 179 Å². The topological polar surface area (TPSA) is 257 Å². The van der Waals surface area contributed by atoms with Gasteiger partial charge in [0.25, 0.3) is 23.6 Å². The summed E-state index contributed by atoms with van der Waals surface area (Å²) in [5, 5.41) is 0.863. The summed E-state index contributed by atoms with van der Waals surface area (Å²) in [5.74, 6) is 3.78. The highest BCUT2D eigenvalue weighted by Gasteiger charge is 2.43. The van der Waals surface area contributed by atoms with Gasteiger partial charge in [-0.05, 0) is 275 Å². The minimum Gasteiger partial charge on any atom is -0.493 e. The number of anilines is 6. The number of thiol groups is 1. The Morgan fingerprint density at radius 1 is 0.426 bits per heavy atom. The highest BCUT2D eigenvalue weighted by Crippen LogP contribution is 2.47. The van der Waals surface area contributed by atoms with Gasteiger partial charge < -0.3 is 76.4 Å². The first-order valence-corrected chi connectivity index (χ1v) is 53.9. The molecule has 0 aromatic heterocycles. The number of benzene rings is 10. The van der Waals surface area contributed by atoms with Crippen LogP contribution in [0.3, 0.4) is 0 Å². The Kier molecular flexibility index (Phi) is 38.1. The smallest absolute Gasteiger partial charge is 0.305 e. The van der Waals surface area contributed by atoms with Gasteiger partial charge in [0.1, 0.15) is 37.9 Å². The van der Waals surface area contributed by atoms with Gasteiger partial charge >= 0.3 is 11.9 Å². The standard InChI is InChI=1S/C59H68N4O9S.C54H60N4O7S.C5H9BrO2.CH4/c1-7-21-69-23-24-70-22-20-61(38-59(3,4)73-25-12-17-56(64)68-6)46-28-40(36-71-53-34-50-49(26-39(53)2)58(66)63-47(35-60-50)31-44-14-9-11-16-52(44)63)27-41(29-46)37-72-55-32-42-18-19-45-30-43-13-8-10-15-51(43)62(45)57(65)48(42)33-54(55)67-5;1-6-18-62-20-21-63-19-17-56(34-54(3,4)66)42-24-36(32-64-49-30-46-45(22-35(49)2)53(60)58-43(31-55-46)27-40-12-8-10-14-48(40)58)23-37(25-42)33-65-51-28-38-15-16-41-26-39-11-7-9-13-47(39)57(41)52(59)44(38)29-50(51)61-5;1-8-5(7)3-2-4-6;/h8-11,13-16,26-29,32-35,45,47H,7,12,17-25,30-31,36-38H2,1-6H3;7-14,22-25,28-31,41,43,66H,6,15-21,26-27,32-34H2,1-5H3;2-4H2,1H3;1H4/t45-,47+;41-,43+;;/m11../s1. The summed E-state index contributed by atoms with van der Waals surface area (Å²) in [6, 6.07) is 60.5. The minimum absolute atomic E-state index is 0. The molecule has 18 rings (SSSR count). The maximum atomic E-state index is 14.3. The van der Waals surface area contributed by atoms with Crippen molar-refractivity contribution in [3.63, 3.8) is 0 Å². The minimum atomic E-state index is -0.314. The van der Waals surface area contributed by atoms with Crippen LogP contribution in [0.25, 0.3) is 0 Å². The molecule has 0 aliphatic carbocycles. The SMILES string of the molecule is C.CCCOCCOCCN(CC(C)(C)S)c1cc(COc2cc3c(cc2C)C(=O)N2c4ccccc4C[C@H]2C=N3)cc(COc2cc3c(cc2OC)C(=O)N2c4ccccc4C[C@H]2CC3)c1.CCCOCCOCCN(CC(C)(C)SCCCC(=O)OC)c1cc(COc2cc3c(cc2C)C(=O)N2c4ccccc4C[C@H]2C=N3)cc(COc2cc3c(cc2OC)C(=O)N2c4ccccc4C[C@H]2CC3)c1.COC(=O)CCCBr. The molecule has 0 saturated heterocycles. The first-order chi connectivity index (χ1) is 71.2. The molecule has 26 nitrogen and oxygen atoms in total. The number of fused-ring (bicyclic) bond motifs is 16. The summed E-state index contributed by atoms with van der Waals surface area (Å²) >= 11 is 9.98. The highest BCUT2D eigenvalue weighted by molar-refractivity contribution is 9.09. The van der Waals surface area contributed by atoms with Crippen molar-refractivity contribution < 1.29 is 85.6 Å². The fourth-order valence-corrected chi connectivity index (χ4v) is 22.0. The van der Waals surface area contributed by atoms with Crippen molar-refractivity contribution >= 4 is 134 Å². The molecule has 0 unspecified atom stereocenters. The average Bonchev–Trinajstić information content (AvgIpc) is 1.62. The van der Waals surface area contributed by atoms with Gasteiger partial charge in [-0.15, -0.1) is 0 Å². The Hall–Kier alpha value is -12.2. The monoisotopic (exact) mass is 2110 g/mol. The summed E-state index contributed by atoms with van der Waals surface area (Å²) < 4.78 is 70.8. The van der Waals surface area contributed by atoms with Crippen molar-refractivity contribution in [2.24, 2.45) is 9.98 Å². The third-order valence-corrected chi connectivity index (χ3v) is 29.7. The molecule has 0 N–H and O–H groups in total.